The van der Waals surface area contributed by atoms with Gasteiger partial charge in [0.25, 0.3) is 0 Å². The van der Waals surface area contributed by atoms with Crippen molar-refractivity contribution in [1.82, 2.24) is 9.38 Å². The zero-order valence-electron chi connectivity index (χ0n) is 8.40. The number of rotatable bonds is 1. The molecule has 1 N–H and O–H groups in total. The lowest BCUT2D eigenvalue weighted by atomic mass is 10.2. The van der Waals surface area contributed by atoms with Crippen molar-refractivity contribution in [2.24, 2.45) is 5.16 Å². The van der Waals surface area contributed by atoms with Crippen LogP contribution in [0.15, 0.2) is 28.0 Å². The van der Waals surface area contributed by atoms with Gasteiger partial charge >= 0.3 is 0 Å². The zero-order valence-corrected chi connectivity index (χ0v) is 9.98. The predicted molar refractivity (Wildman–Crippen MR) is 61.6 cm³/mol. The Hall–Kier alpha value is -1.36. The summed E-state index contributed by atoms with van der Waals surface area (Å²) in [4.78, 5) is 4.37. The third kappa shape index (κ3) is 1.63. The van der Waals surface area contributed by atoms with E-state index in [4.69, 9.17) is 5.21 Å². The van der Waals surface area contributed by atoms with Crippen LogP contribution in [0, 0.1) is 6.92 Å². The average molecular weight is 268 g/mol. The van der Waals surface area contributed by atoms with Gasteiger partial charge in [0, 0.05) is 10.7 Å². The maximum absolute atomic E-state index is 8.79. The zero-order chi connectivity index (χ0) is 11.0. The summed E-state index contributed by atoms with van der Waals surface area (Å²) < 4.78 is 2.86. The van der Waals surface area contributed by atoms with Crippen LogP contribution in [-0.4, -0.2) is 20.3 Å². The molecule has 15 heavy (non-hydrogen) atoms. The molecule has 0 fully saturated rings. The van der Waals surface area contributed by atoms with Crippen molar-refractivity contribution < 1.29 is 5.21 Å². The van der Waals surface area contributed by atoms with E-state index in [9.17, 15) is 0 Å². The third-order valence-corrected chi connectivity index (χ3v) is 2.72. The Morgan fingerprint density at radius 2 is 2.27 bits per heavy atom. The Kier molecular flexibility index (Phi) is 2.48. The van der Waals surface area contributed by atoms with E-state index in [1.807, 2.05) is 29.7 Å². The third-order valence-electron chi connectivity index (χ3n) is 2.25. The fraction of sp³-hybridized carbons (Fsp3) is 0.200. The molecule has 0 saturated carbocycles. The van der Waals surface area contributed by atoms with Gasteiger partial charge < -0.3 is 5.21 Å². The van der Waals surface area contributed by atoms with Gasteiger partial charge in [-0.3, -0.25) is 4.40 Å². The van der Waals surface area contributed by atoms with Crippen LogP contribution in [0.25, 0.3) is 5.65 Å². The van der Waals surface area contributed by atoms with Crippen LogP contribution >= 0.6 is 15.9 Å². The molecular formula is C10H10BrN3O. The van der Waals surface area contributed by atoms with E-state index >= 15 is 0 Å². The molecule has 0 spiro atoms. The first-order valence-corrected chi connectivity index (χ1v) is 5.26. The lowest BCUT2D eigenvalue weighted by molar-refractivity contribution is 0.319. The van der Waals surface area contributed by atoms with E-state index in [-0.39, 0.29) is 0 Å². The first-order chi connectivity index (χ1) is 7.13. The van der Waals surface area contributed by atoms with Crippen molar-refractivity contribution in [3.05, 3.63) is 34.2 Å². The van der Waals surface area contributed by atoms with Crippen molar-refractivity contribution in [2.75, 3.05) is 0 Å². The number of aryl methyl sites for hydroxylation is 1. The highest BCUT2D eigenvalue weighted by Gasteiger charge is 2.11. The number of pyridine rings is 1. The van der Waals surface area contributed by atoms with Crippen molar-refractivity contribution in [2.45, 2.75) is 13.8 Å². The Morgan fingerprint density at radius 1 is 1.53 bits per heavy atom. The number of halogens is 1. The molecule has 0 unspecified atom stereocenters. The van der Waals surface area contributed by atoms with Crippen LogP contribution in [-0.2, 0) is 0 Å². The van der Waals surface area contributed by atoms with E-state index in [1.165, 1.54) is 0 Å². The van der Waals surface area contributed by atoms with E-state index in [1.54, 1.807) is 6.92 Å². The van der Waals surface area contributed by atoms with E-state index in [0.29, 0.717) is 5.71 Å². The standard InChI is InChI=1S/C10H10BrN3O/c1-6-10(7(2)13-15)14-5-8(11)3-4-9(14)12-6/h3-5,15H,1-2H3/b13-7-. The Bertz CT molecular complexity index is 545. The van der Waals surface area contributed by atoms with Gasteiger partial charge in [-0.05, 0) is 41.9 Å². The molecule has 2 aromatic rings. The maximum Gasteiger partial charge on any atom is 0.137 e. The summed E-state index contributed by atoms with van der Waals surface area (Å²) >= 11 is 3.40. The molecule has 0 aliphatic heterocycles. The topological polar surface area (TPSA) is 49.9 Å². The smallest absolute Gasteiger partial charge is 0.137 e. The minimum atomic E-state index is 0.554. The van der Waals surface area contributed by atoms with Crippen molar-refractivity contribution in [1.29, 1.82) is 0 Å². The number of oxime groups is 1. The number of aromatic nitrogens is 2. The van der Waals surface area contributed by atoms with Gasteiger partial charge in [-0.2, -0.15) is 0 Å². The summed E-state index contributed by atoms with van der Waals surface area (Å²) in [7, 11) is 0. The molecule has 2 rings (SSSR count). The number of hydrogen-bond acceptors (Lipinski definition) is 3. The molecule has 5 heteroatoms. The molecule has 78 valence electrons. The summed E-state index contributed by atoms with van der Waals surface area (Å²) in [6, 6.07) is 3.84. The molecule has 0 saturated heterocycles. The highest BCUT2D eigenvalue weighted by molar-refractivity contribution is 9.10. The minimum Gasteiger partial charge on any atom is -0.411 e. The van der Waals surface area contributed by atoms with E-state index in [0.717, 1.165) is 21.5 Å². The first kappa shape index (κ1) is 10.2. The van der Waals surface area contributed by atoms with Crippen LogP contribution in [0.1, 0.15) is 18.3 Å². The summed E-state index contributed by atoms with van der Waals surface area (Å²) in [5.41, 5.74) is 3.07. The predicted octanol–water partition coefficient (Wildman–Crippen LogP) is 2.60. The normalized spacial score (nSPS) is 12.3. The lowest BCUT2D eigenvalue weighted by Crippen LogP contribution is -2.02. The average Bonchev–Trinajstić information content (AvgIpc) is 2.52. The van der Waals surface area contributed by atoms with Gasteiger partial charge in [-0.15, -0.1) is 0 Å². The number of hydrogen-bond donors (Lipinski definition) is 1. The van der Waals surface area contributed by atoms with Crippen LogP contribution in [0.2, 0.25) is 0 Å². The van der Waals surface area contributed by atoms with Gasteiger partial charge in [0.15, 0.2) is 0 Å². The Balaban J connectivity index is 2.82. The second-order valence-electron chi connectivity index (χ2n) is 3.31. The summed E-state index contributed by atoms with van der Waals surface area (Å²) in [6.07, 6.45) is 1.90. The molecule has 0 aromatic carbocycles. The molecule has 0 radical (unpaired) electrons. The highest BCUT2D eigenvalue weighted by atomic mass is 79.9. The summed E-state index contributed by atoms with van der Waals surface area (Å²) in [5, 5.41) is 12.0. The molecule has 2 aromatic heterocycles. The molecule has 0 aliphatic carbocycles. The number of nitrogens with zero attached hydrogens (tertiary/aromatic N) is 3. The lowest BCUT2D eigenvalue weighted by Gasteiger charge is -2.00. The summed E-state index contributed by atoms with van der Waals surface area (Å²) in [6.45, 7) is 3.64. The molecule has 2 heterocycles. The molecule has 0 aliphatic rings. The maximum atomic E-state index is 8.79. The number of fused-ring (bicyclic) bond motifs is 1. The van der Waals surface area contributed by atoms with Crippen molar-refractivity contribution >= 4 is 27.3 Å². The quantitative estimate of drug-likeness (QED) is 0.491. The van der Waals surface area contributed by atoms with Crippen molar-refractivity contribution in [3.63, 3.8) is 0 Å². The molecular weight excluding hydrogens is 258 g/mol. The molecule has 0 atom stereocenters. The second kappa shape index (κ2) is 3.66. The van der Waals surface area contributed by atoms with Gasteiger partial charge in [0.1, 0.15) is 11.4 Å². The first-order valence-electron chi connectivity index (χ1n) is 4.46. The number of imidazole rings is 1. The van der Waals surface area contributed by atoms with Crippen molar-refractivity contribution in [3.8, 4) is 0 Å². The van der Waals surface area contributed by atoms with Gasteiger partial charge in [0.05, 0.1) is 11.4 Å². The van der Waals surface area contributed by atoms with Gasteiger partial charge in [-0.1, -0.05) is 5.16 Å². The Morgan fingerprint density at radius 3 is 2.93 bits per heavy atom. The van der Waals surface area contributed by atoms with E-state index in [2.05, 4.69) is 26.1 Å². The van der Waals surface area contributed by atoms with Gasteiger partial charge in [-0.25, -0.2) is 4.98 Å². The highest BCUT2D eigenvalue weighted by Crippen LogP contribution is 2.17. The largest absolute Gasteiger partial charge is 0.411 e. The van der Waals surface area contributed by atoms with Crippen LogP contribution < -0.4 is 0 Å². The van der Waals surface area contributed by atoms with Gasteiger partial charge in [0.2, 0.25) is 0 Å². The van der Waals surface area contributed by atoms with E-state index < -0.39 is 0 Å². The van der Waals surface area contributed by atoms with Crippen LogP contribution in [0.3, 0.4) is 0 Å². The fourth-order valence-corrected chi connectivity index (χ4v) is 1.96. The van der Waals surface area contributed by atoms with Crippen LogP contribution in [0.4, 0.5) is 0 Å². The van der Waals surface area contributed by atoms with Crippen LogP contribution in [0.5, 0.6) is 0 Å². The fourth-order valence-electron chi connectivity index (χ4n) is 1.62. The molecule has 4 nitrogen and oxygen atoms in total. The minimum absolute atomic E-state index is 0.554. The summed E-state index contributed by atoms with van der Waals surface area (Å²) in [5.74, 6) is 0. The monoisotopic (exact) mass is 267 g/mol. The Labute approximate surface area is 95.4 Å². The second-order valence-corrected chi connectivity index (χ2v) is 4.22. The molecule has 0 amide bonds. The molecule has 0 bridgehead atoms. The SMILES string of the molecule is C/C(=N/O)c1c(C)nc2ccc(Br)cn12.